The Labute approximate surface area is 142 Å². The van der Waals surface area contributed by atoms with Crippen molar-refractivity contribution in [3.05, 3.63) is 11.8 Å². The van der Waals surface area contributed by atoms with Crippen LogP contribution < -0.4 is 9.80 Å². The second-order valence-corrected chi connectivity index (χ2v) is 7.58. The van der Waals surface area contributed by atoms with Gasteiger partial charge in [-0.3, -0.25) is 0 Å². The smallest absolute Gasteiger partial charge is 0.227 e. The summed E-state index contributed by atoms with van der Waals surface area (Å²) in [4.78, 5) is 13.6. The Morgan fingerprint density at radius 2 is 2.17 bits per heavy atom. The van der Waals surface area contributed by atoms with E-state index in [2.05, 4.69) is 11.0 Å². The van der Waals surface area contributed by atoms with Crippen molar-refractivity contribution in [3.63, 3.8) is 0 Å². The Hall–Kier alpha value is -1.44. The second kappa shape index (κ2) is 6.13. The van der Waals surface area contributed by atoms with Crippen LogP contribution in [0.4, 0.5) is 11.8 Å². The number of anilines is 2. The first kappa shape index (κ1) is 16.1. The standard InChI is InChI=1S/C17H26N4O3/c1-20(10-17(11-22)3-4-17)15-6-14(12-2-5-24-9-12)18-16(19-15)21-7-13(23)8-21/h6,12-13,22-23H,2-5,7-11H2,1H3/t12-/m1/s1. The van der Waals surface area contributed by atoms with Crippen molar-refractivity contribution in [3.8, 4) is 0 Å². The van der Waals surface area contributed by atoms with E-state index in [0.29, 0.717) is 31.6 Å². The number of rotatable bonds is 6. The first-order valence-corrected chi connectivity index (χ1v) is 8.80. The minimum absolute atomic E-state index is 0.0451. The van der Waals surface area contributed by atoms with Gasteiger partial charge in [0, 0.05) is 50.7 Å². The van der Waals surface area contributed by atoms with Crippen LogP contribution in [0.25, 0.3) is 0 Å². The Balaban J connectivity index is 1.59. The maximum Gasteiger partial charge on any atom is 0.227 e. The van der Waals surface area contributed by atoms with E-state index in [9.17, 15) is 10.2 Å². The van der Waals surface area contributed by atoms with Crippen molar-refractivity contribution < 1.29 is 14.9 Å². The summed E-state index contributed by atoms with van der Waals surface area (Å²) in [5.41, 5.74) is 1.07. The Morgan fingerprint density at radius 3 is 2.75 bits per heavy atom. The quantitative estimate of drug-likeness (QED) is 0.778. The molecule has 7 nitrogen and oxygen atoms in total. The highest BCUT2D eigenvalue weighted by Gasteiger charge is 2.43. The van der Waals surface area contributed by atoms with Crippen LogP contribution in [0.5, 0.6) is 0 Å². The molecule has 2 saturated heterocycles. The number of nitrogens with zero attached hydrogens (tertiary/aromatic N) is 4. The number of aliphatic hydroxyl groups is 2. The topological polar surface area (TPSA) is 82.0 Å². The van der Waals surface area contributed by atoms with Crippen LogP contribution in [0.1, 0.15) is 30.9 Å². The van der Waals surface area contributed by atoms with Gasteiger partial charge in [0.25, 0.3) is 0 Å². The fourth-order valence-electron chi connectivity index (χ4n) is 3.50. The van der Waals surface area contributed by atoms with Crippen LogP contribution >= 0.6 is 0 Å². The van der Waals surface area contributed by atoms with Crippen LogP contribution in [0, 0.1) is 5.41 Å². The van der Waals surface area contributed by atoms with Crippen LogP contribution in [0.2, 0.25) is 0 Å². The van der Waals surface area contributed by atoms with E-state index in [-0.39, 0.29) is 18.1 Å². The molecule has 1 atom stereocenters. The van der Waals surface area contributed by atoms with Gasteiger partial charge in [-0.25, -0.2) is 4.98 Å². The Bertz CT molecular complexity index is 595. The molecule has 2 aliphatic heterocycles. The summed E-state index contributed by atoms with van der Waals surface area (Å²) in [6.07, 6.45) is 2.86. The molecular weight excluding hydrogens is 308 g/mol. The number of hydrogen-bond acceptors (Lipinski definition) is 7. The van der Waals surface area contributed by atoms with E-state index < -0.39 is 0 Å². The highest BCUT2D eigenvalue weighted by molar-refractivity contribution is 5.48. The Kier molecular flexibility index (Phi) is 4.10. The number of aromatic nitrogens is 2. The average Bonchev–Trinajstić information content (AvgIpc) is 3.11. The number of hydrogen-bond donors (Lipinski definition) is 2. The van der Waals surface area contributed by atoms with Crippen LogP contribution in [0.15, 0.2) is 6.07 Å². The fraction of sp³-hybridized carbons (Fsp3) is 0.765. The first-order valence-electron chi connectivity index (χ1n) is 8.80. The van der Waals surface area contributed by atoms with Crippen molar-refractivity contribution >= 4 is 11.8 Å². The zero-order chi connectivity index (χ0) is 16.7. The molecule has 0 radical (unpaired) electrons. The second-order valence-electron chi connectivity index (χ2n) is 7.58. The number of aliphatic hydroxyl groups excluding tert-OH is 2. The largest absolute Gasteiger partial charge is 0.396 e. The van der Waals surface area contributed by atoms with Gasteiger partial charge in [0.15, 0.2) is 0 Å². The lowest BCUT2D eigenvalue weighted by atomic mass is 10.0. The van der Waals surface area contributed by atoms with E-state index in [4.69, 9.17) is 14.7 Å². The van der Waals surface area contributed by atoms with Gasteiger partial charge >= 0.3 is 0 Å². The lowest BCUT2D eigenvalue weighted by Crippen LogP contribution is -2.51. The molecule has 0 spiro atoms. The third kappa shape index (κ3) is 3.08. The highest BCUT2D eigenvalue weighted by atomic mass is 16.5. The molecule has 132 valence electrons. The first-order chi connectivity index (χ1) is 11.6. The molecule has 24 heavy (non-hydrogen) atoms. The maximum atomic E-state index is 9.59. The molecule has 1 saturated carbocycles. The molecule has 2 N–H and O–H groups in total. The molecule has 3 aliphatic rings. The third-order valence-electron chi connectivity index (χ3n) is 5.47. The van der Waals surface area contributed by atoms with Gasteiger partial charge in [-0.2, -0.15) is 4.98 Å². The molecule has 0 amide bonds. The normalized spacial score (nSPS) is 25.6. The van der Waals surface area contributed by atoms with E-state index >= 15 is 0 Å². The molecule has 1 aromatic heterocycles. The van der Waals surface area contributed by atoms with Gasteiger partial charge in [-0.15, -0.1) is 0 Å². The van der Waals surface area contributed by atoms with Gasteiger partial charge in [0.1, 0.15) is 5.82 Å². The van der Waals surface area contributed by atoms with E-state index in [1.807, 2.05) is 11.9 Å². The molecule has 1 aliphatic carbocycles. The summed E-state index contributed by atoms with van der Waals surface area (Å²) < 4.78 is 5.52. The molecule has 3 heterocycles. The van der Waals surface area contributed by atoms with Crippen molar-refractivity contribution in [2.75, 3.05) is 56.3 Å². The van der Waals surface area contributed by atoms with Gasteiger partial charge in [-0.1, -0.05) is 0 Å². The zero-order valence-corrected chi connectivity index (χ0v) is 14.2. The van der Waals surface area contributed by atoms with E-state index in [1.165, 1.54) is 0 Å². The van der Waals surface area contributed by atoms with Crippen molar-refractivity contribution in [2.24, 2.45) is 5.41 Å². The van der Waals surface area contributed by atoms with E-state index in [0.717, 1.165) is 43.9 Å². The summed E-state index contributed by atoms with van der Waals surface area (Å²) in [6.45, 7) is 3.72. The summed E-state index contributed by atoms with van der Waals surface area (Å²) in [7, 11) is 2.03. The highest BCUT2D eigenvalue weighted by Crippen LogP contribution is 2.46. The van der Waals surface area contributed by atoms with Crippen molar-refractivity contribution in [2.45, 2.75) is 31.3 Å². The minimum atomic E-state index is -0.280. The Morgan fingerprint density at radius 1 is 1.38 bits per heavy atom. The molecule has 0 aromatic carbocycles. The zero-order valence-electron chi connectivity index (χ0n) is 14.2. The molecule has 4 rings (SSSR count). The number of ether oxygens (including phenoxy) is 1. The lowest BCUT2D eigenvalue weighted by Gasteiger charge is -2.36. The molecule has 0 unspecified atom stereocenters. The summed E-state index contributed by atoms with van der Waals surface area (Å²) in [6, 6.07) is 2.06. The molecule has 7 heteroatoms. The molecular formula is C17H26N4O3. The summed E-state index contributed by atoms with van der Waals surface area (Å²) >= 11 is 0. The fourth-order valence-corrected chi connectivity index (χ4v) is 3.50. The van der Waals surface area contributed by atoms with Crippen molar-refractivity contribution in [1.82, 2.24) is 9.97 Å². The van der Waals surface area contributed by atoms with Crippen LogP contribution in [-0.2, 0) is 4.74 Å². The summed E-state index contributed by atoms with van der Waals surface area (Å²) in [5.74, 6) is 1.90. The predicted molar refractivity (Wildman–Crippen MR) is 90.5 cm³/mol. The third-order valence-corrected chi connectivity index (χ3v) is 5.47. The maximum absolute atomic E-state index is 9.59. The summed E-state index contributed by atoms with van der Waals surface area (Å²) in [5, 5.41) is 19.2. The minimum Gasteiger partial charge on any atom is -0.396 e. The van der Waals surface area contributed by atoms with Crippen molar-refractivity contribution in [1.29, 1.82) is 0 Å². The number of β-amino-alcohol motifs (C(OH)–C–C–N with tert-alkyl or cyclic N) is 1. The predicted octanol–water partition coefficient (Wildman–Crippen LogP) is 0.370. The van der Waals surface area contributed by atoms with Gasteiger partial charge < -0.3 is 24.7 Å². The van der Waals surface area contributed by atoms with E-state index in [1.54, 1.807) is 0 Å². The van der Waals surface area contributed by atoms with Crippen LogP contribution in [0.3, 0.4) is 0 Å². The average molecular weight is 334 g/mol. The van der Waals surface area contributed by atoms with Gasteiger partial charge in [0.05, 0.1) is 25.0 Å². The van der Waals surface area contributed by atoms with Gasteiger partial charge in [0.2, 0.25) is 5.95 Å². The SMILES string of the molecule is CN(CC1(CO)CC1)c1cc([C@@H]2CCOC2)nc(N2CC(O)C2)n1. The molecule has 1 aromatic rings. The molecule has 0 bridgehead atoms. The molecule has 3 fully saturated rings. The van der Waals surface area contributed by atoms with Crippen LogP contribution in [-0.4, -0.2) is 72.8 Å². The van der Waals surface area contributed by atoms with Gasteiger partial charge in [-0.05, 0) is 19.3 Å². The lowest BCUT2D eigenvalue weighted by molar-refractivity contribution is 0.140. The monoisotopic (exact) mass is 334 g/mol.